The number of aryl methyl sites for hydroxylation is 1. The molecule has 0 aromatic heterocycles. The van der Waals surface area contributed by atoms with Crippen molar-refractivity contribution in [3.05, 3.63) is 94.4 Å². The molecule has 0 fully saturated rings. The number of carbonyl (C=O) groups excluding carboxylic acids is 1. The summed E-state index contributed by atoms with van der Waals surface area (Å²) in [5.41, 5.74) is 9.30. The minimum Gasteiger partial charge on any atom is -0.493 e. The van der Waals surface area contributed by atoms with Crippen LogP contribution in [0.5, 0.6) is 23.0 Å². The number of fused-ring (bicyclic) bond motifs is 1. The Morgan fingerprint density at radius 1 is 1.03 bits per heavy atom. The minimum atomic E-state index is -0.489. The Morgan fingerprint density at radius 2 is 1.82 bits per heavy atom. The van der Waals surface area contributed by atoms with Crippen LogP contribution in [0.1, 0.15) is 72.0 Å². The fourth-order valence-electron chi connectivity index (χ4n) is 4.68. The van der Waals surface area contributed by atoms with E-state index in [4.69, 9.17) is 24.7 Å². The zero-order valence-electron chi connectivity index (χ0n) is 22.7. The number of hydrogen-bond acceptors (Lipinski definition) is 7. The summed E-state index contributed by atoms with van der Waals surface area (Å²) in [7, 11) is 1.59. The quantitative estimate of drug-likeness (QED) is 0.167. The van der Waals surface area contributed by atoms with Gasteiger partial charge in [0.25, 0.3) is 0 Å². The molecule has 0 radical (unpaired) electrons. The summed E-state index contributed by atoms with van der Waals surface area (Å²) in [5.74, 6) is 1.01. The van der Waals surface area contributed by atoms with E-state index in [-0.39, 0.29) is 5.88 Å². The molecule has 3 aromatic rings. The Labute approximate surface area is 229 Å². The third kappa shape index (κ3) is 6.35. The van der Waals surface area contributed by atoms with E-state index in [1.807, 2.05) is 37.3 Å². The third-order valence-corrected chi connectivity index (χ3v) is 6.79. The highest BCUT2D eigenvalue weighted by Crippen LogP contribution is 2.45. The van der Waals surface area contributed by atoms with Crippen molar-refractivity contribution in [2.45, 2.75) is 51.9 Å². The number of allylic oxidation sites excluding steroid dienone is 1. The largest absolute Gasteiger partial charge is 0.493 e. The van der Waals surface area contributed by atoms with Gasteiger partial charge in [-0.15, -0.1) is 0 Å². The number of hydrogen-bond donors (Lipinski definition) is 1. The lowest BCUT2D eigenvalue weighted by Gasteiger charge is -2.27. The van der Waals surface area contributed by atoms with Crippen molar-refractivity contribution in [1.82, 2.24) is 0 Å². The van der Waals surface area contributed by atoms with Gasteiger partial charge in [-0.3, -0.25) is 0 Å². The van der Waals surface area contributed by atoms with Crippen LogP contribution in [0.4, 0.5) is 0 Å². The predicted molar refractivity (Wildman–Crippen MR) is 149 cm³/mol. The summed E-state index contributed by atoms with van der Waals surface area (Å²) in [6, 6.07) is 20.2. The zero-order valence-corrected chi connectivity index (χ0v) is 22.7. The molecule has 1 unspecified atom stereocenters. The first-order chi connectivity index (χ1) is 19.0. The molecule has 0 spiro atoms. The lowest BCUT2D eigenvalue weighted by molar-refractivity contribution is 0.0733. The fourth-order valence-corrected chi connectivity index (χ4v) is 4.68. The molecular weight excluding hydrogens is 492 g/mol. The molecule has 2 N–H and O–H groups in total. The number of nitrogens with two attached hydrogens (primary N) is 1. The molecule has 0 aliphatic carbocycles. The Morgan fingerprint density at radius 3 is 2.56 bits per heavy atom. The molecule has 1 aliphatic rings. The lowest BCUT2D eigenvalue weighted by atomic mass is 9.83. The third-order valence-electron chi connectivity index (χ3n) is 6.79. The summed E-state index contributed by atoms with van der Waals surface area (Å²) < 4.78 is 23.0. The maximum atomic E-state index is 12.7. The van der Waals surface area contributed by atoms with E-state index in [2.05, 4.69) is 13.0 Å². The molecule has 0 amide bonds. The van der Waals surface area contributed by atoms with Gasteiger partial charge in [0, 0.05) is 11.6 Å². The number of esters is 1. The summed E-state index contributed by atoms with van der Waals surface area (Å²) in [6.07, 6.45) is 5.75. The zero-order chi connectivity index (χ0) is 27.8. The van der Waals surface area contributed by atoms with Gasteiger partial charge >= 0.3 is 5.97 Å². The molecule has 1 heterocycles. The van der Waals surface area contributed by atoms with Crippen LogP contribution in [0.2, 0.25) is 0 Å². The molecule has 7 heteroatoms. The van der Waals surface area contributed by atoms with Crippen molar-refractivity contribution in [1.29, 1.82) is 5.26 Å². The number of nitrogens with zero attached hydrogens (tertiary/aromatic N) is 1. The number of carbonyl (C=O) groups is 1. The van der Waals surface area contributed by atoms with Crippen molar-refractivity contribution < 1.29 is 23.7 Å². The van der Waals surface area contributed by atoms with E-state index in [1.54, 1.807) is 37.4 Å². The summed E-state index contributed by atoms with van der Waals surface area (Å²) in [4.78, 5) is 12.7. The molecule has 0 saturated carbocycles. The number of ether oxygens (including phenoxy) is 4. The molecule has 39 heavy (non-hydrogen) atoms. The van der Waals surface area contributed by atoms with E-state index in [1.165, 1.54) is 19.3 Å². The van der Waals surface area contributed by atoms with E-state index in [9.17, 15) is 10.1 Å². The second-order valence-electron chi connectivity index (χ2n) is 9.50. The van der Waals surface area contributed by atoms with E-state index >= 15 is 0 Å². The van der Waals surface area contributed by atoms with Crippen LogP contribution in [-0.2, 0) is 0 Å². The Bertz CT molecular complexity index is 1410. The van der Waals surface area contributed by atoms with E-state index in [0.29, 0.717) is 40.7 Å². The van der Waals surface area contributed by atoms with Gasteiger partial charge in [0.1, 0.15) is 23.1 Å². The topological polar surface area (TPSA) is 104 Å². The smallest absolute Gasteiger partial charge is 0.343 e. The summed E-state index contributed by atoms with van der Waals surface area (Å²) in [6.45, 7) is 4.66. The number of nitriles is 1. The molecule has 1 atom stereocenters. The van der Waals surface area contributed by atoms with Crippen LogP contribution in [0.15, 0.2) is 72.1 Å². The Balaban J connectivity index is 1.58. The molecule has 0 saturated heterocycles. The molecular formula is C32H34N2O5. The lowest BCUT2D eigenvalue weighted by Crippen LogP contribution is -2.21. The maximum Gasteiger partial charge on any atom is 0.343 e. The van der Waals surface area contributed by atoms with Gasteiger partial charge in [0.15, 0.2) is 11.5 Å². The van der Waals surface area contributed by atoms with Gasteiger partial charge in [-0.05, 0) is 48.7 Å². The van der Waals surface area contributed by atoms with E-state index in [0.717, 1.165) is 29.5 Å². The Hall–Kier alpha value is -4.44. The van der Waals surface area contributed by atoms with Crippen molar-refractivity contribution >= 4 is 5.97 Å². The first-order valence-electron chi connectivity index (χ1n) is 13.3. The van der Waals surface area contributed by atoms with Gasteiger partial charge in [-0.2, -0.15) is 5.26 Å². The maximum absolute atomic E-state index is 12.7. The Kier molecular flexibility index (Phi) is 9.11. The van der Waals surface area contributed by atoms with Gasteiger partial charge in [-0.25, -0.2) is 4.79 Å². The highest BCUT2D eigenvalue weighted by molar-refractivity contribution is 5.92. The van der Waals surface area contributed by atoms with Crippen LogP contribution in [0.3, 0.4) is 0 Å². The molecule has 4 rings (SSSR count). The number of unbranched alkanes of at least 4 members (excludes halogenated alkanes) is 4. The first-order valence-corrected chi connectivity index (χ1v) is 13.3. The first kappa shape index (κ1) is 27.6. The predicted octanol–water partition coefficient (Wildman–Crippen LogP) is 6.79. The van der Waals surface area contributed by atoms with E-state index < -0.39 is 11.9 Å². The molecule has 0 bridgehead atoms. The second kappa shape index (κ2) is 12.9. The van der Waals surface area contributed by atoms with Crippen LogP contribution in [0.25, 0.3) is 0 Å². The SMILES string of the molecule is CCCCCCCOc1ccc(C2C(C#N)=C(N)Oc3cc(OC(=O)c4ccccc4C)ccc32)cc1OC. The van der Waals surface area contributed by atoms with Crippen molar-refractivity contribution in [2.24, 2.45) is 5.73 Å². The normalized spacial score (nSPS) is 14.2. The molecule has 1 aliphatic heterocycles. The average Bonchev–Trinajstić information content (AvgIpc) is 2.94. The second-order valence-corrected chi connectivity index (χ2v) is 9.50. The number of rotatable bonds is 11. The van der Waals surface area contributed by atoms with Crippen molar-refractivity contribution in [3.63, 3.8) is 0 Å². The van der Waals surface area contributed by atoms with Gasteiger partial charge in [0.05, 0.1) is 25.2 Å². The van der Waals surface area contributed by atoms with Crippen LogP contribution in [0, 0.1) is 18.3 Å². The number of benzene rings is 3. The highest BCUT2D eigenvalue weighted by Gasteiger charge is 2.32. The van der Waals surface area contributed by atoms with Crippen LogP contribution < -0.4 is 24.7 Å². The number of methoxy groups -OCH3 is 1. The highest BCUT2D eigenvalue weighted by atomic mass is 16.5. The minimum absolute atomic E-state index is 0.00347. The fraction of sp³-hybridized carbons (Fsp3) is 0.312. The van der Waals surface area contributed by atoms with Gasteiger partial charge in [-0.1, -0.05) is 62.9 Å². The monoisotopic (exact) mass is 526 g/mol. The van der Waals surface area contributed by atoms with Gasteiger partial charge < -0.3 is 24.7 Å². The van der Waals surface area contributed by atoms with Crippen LogP contribution >= 0.6 is 0 Å². The standard InChI is InChI=1S/C32H34N2O5/c1-4-5-6-7-10-17-37-27-16-13-22(18-29(27)36-3)30-25-15-14-23(19-28(25)39-31(34)26(30)20-33)38-32(35)24-12-9-8-11-21(24)2/h8-9,11-16,18-19,30H,4-7,10,17,34H2,1-3H3. The van der Waals surface area contributed by atoms with Crippen molar-refractivity contribution in [2.75, 3.05) is 13.7 Å². The molecule has 7 nitrogen and oxygen atoms in total. The summed E-state index contributed by atoms with van der Waals surface area (Å²) >= 11 is 0. The van der Waals surface area contributed by atoms with Crippen molar-refractivity contribution in [3.8, 4) is 29.1 Å². The average molecular weight is 527 g/mol. The molecule has 3 aromatic carbocycles. The summed E-state index contributed by atoms with van der Waals surface area (Å²) in [5, 5.41) is 9.94. The van der Waals surface area contributed by atoms with Gasteiger partial charge in [0.2, 0.25) is 5.88 Å². The molecule has 202 valence electrons. The van der Waals surface area contributed by atoms with Crippen LogP contribution in [-0.4, -0.2) is 19.7 Å².